The monoisotopic (exact) mass is 1100 g/mol. The molecule has 1 aromatic carbocycles. The molecule has 2 heterocycles. The van der Waals surface area contributed by atoms with E-state index in [2.05, 4.69) is 70.9 Å². The van der Waals surface area contributed by atoms with Crippen molar-refractivity contribution in [2.45, 2.75) is 129 Å². The van der Waals surface area contributed by atoms with Gasteiger partial charge < -0.3 is 68.1 Å². The van der Waals surface area contributed by atoms with E-state index in [1.165, 1.54) is 37.0 Å². The van der Waals surface area contributed by atoms with Gasteiger partial charge in [-0.05, 0) is 67.9 Å². The second-order valence-electron chi connectivity index (χ2n) is 20.0. The lowest BCUT2D eigenvalue weighted by molar-refractivity contribution is -0.139. The summed E-state index contributed by atoms with van der Waals surface area (Å²) in [4.78, 5) is 141. The normalized spacial score (nSPS) is 14.4. The van der Waals surface area contributed by atoms with Gasteiger partial charge >= 0.3 is 0 Å². The fourth-order valence-corrected chi connectivity index (χ4v) is 8.27. The van der Waals surface area contributed by atoms with Crippen LogP contribution in [0.1, 0.15) is 91.2 Å². The van der Waals surface area contributed by atoms with Gasteiger partial charge in [0.2, 0.25) is 53.2 Å². The molecule has 0 saturated heterocycles. The number of nitrogens with zero attached hydrogens (tertiary/aromatic N) is 4. The minimum Gasteiger partial charge on any atom is -0.401 e. The molecule has 0 bridgehead atoms. The van der Waals surface area contributed by atoms with Gasteiger partial charge in [-0.1, -0.05) is 71.0 Å². The SMILES string of the molecule is C=CC(=O)NCCC/C(N)=C/N(C[C@H](NC(=O)[C@H](C)NC(=O)C(NC(=O)CNC(=O)C(CO)NC(=O)[C@H](CCC)NC(C)=O)C(C)(C)C)C(=O)N(C)C(C)[C@H](C(=O)N[C@H](C=O)Cc1c[nH]c2ncccc12)c1ccccc1)N=C. The number of hydrazone groups is 1. The molecule has 0 aliphatic heterocycles. The average molecular weight is 1100 g/mol. The summed E-state index contributed by atoms with van der Waals surface area (Å²) in [5, 5.41) is 36.4. The first-order valence-corrected chi connectivity index (χ1v) is 25.8. The summed E-state index contributed by atoms with van der Waals surface area (Å²) in [6, 6.07) is 3.74. The van der Waals surface area contributed by atoms with Crippen LogP contribution < -0.4 is 48.3 Å². The molecule has 0 aliphatic carbocycles. The maximum absolute atomic E-state index is 14.9. The molecule has 12 N–H and O–H groups in total. The van der Waals surface area contributed by atoms with Crippen LogP contribution in [0.15, 0.2) is 84.5 Å². The number of aromatic amines is 1. The van der Waals surface area contributed by atoms with Crippen molar-refractivity contribution in [3.05, 3.63) is 90.5 Å². The zero-order valence-corrected chi connectivity index (χ0v) is 46.2. The van der Waals surface area contributed by atoms with E-state index in [0.717, 1.165) is 17.0 Å². The fourth-order valence-electron chi connectivity index (χ4n) is 8.27. The van der Waals surface area contributed by atoms with E-state index in [1.807, 2.05) is 6.07 Å². The number of aliphatic hydroxyl groups is 1. The van der Waals surface area contributed by atoms with Crippen molar-refractivity contribution in [1.29, 1.82) is 0 Å². The van der Waals surface area contributed by atoms with Crippen molar-refractivity contribution in [2.75, 3.05) is 33.3 Å². The molecule has 0 radical (unpaired) electrons. The second kappa shape index (κ2) is 31.7. The molecule has 430 valence electrons. The van der Waals surface area contributed by atoms with E-state index in [0.29, 0.717) is 30.3 Å². The standard InChI is InChI=1S/C54H78N14O11/c1-11-18-40(62-34(5)71)50(76)65-42(31-70)49(75)60-27-44(73)66-46(54(6,7)8)52(78)61-32(3)48(74)64-41(29-68(56-9)28-37(55)21-16-23-57-43(72)12-2)53(79)67(10)33(4)45(35-19-14-13-15-20-35)51(77)63-38(30-69)25-36-26-59-47-39(36)22-17-24-58-47/h12-15,17,19-20,22,24,26,28,30,32-33,38,40-42,45-46,70H,2,9,11,16,18,21,23,25,27,29,31,55H2,1,3-8,10H3,(H,57,72)(H,58,59)(H,60,75)(H,61,78)(H,62,71)(H,63,77)(H,64,74)(H,65,76)(H,66,73)/b37-28-/t32-,33?,38-,40-,41-,42?,45-,46?/m0/s1. The maximum Gasteiger partial charge on any atom is 0.247 e. The lowest BCUT2D eigenvalue weighted by atomic mass is 9.86. The zero-order chi connectivity index (χ0) is 59.0. The van der Waals surface area contributed by atoms with E-state index in [4.69, 9.17) is 5.73 Å². The number of benzene rings is 1. The van der Waals surface area contributed by atoms with Gasteiger partial charge in [0.1, 0.15) is 42.1 Å². The van der Waals surface area contributed by atoms with Crippen LogP contribution in [0.5, 0.6) is 0 Å². The average Bonchev–Trinajstić information content (AvgIpc) is 3.82. The Morgan fingerprint density at radius 2 is 1.54 bits per heavy atom. The number of fused-ring (bicyclic) bond motifs is 1. The Kier molecular flexibility index (Phi) is 26.0. The number of hydrogen-bond acceptors (Lipinski definition) is 15. The number of allylic oxidation sites excluding steroid dienone is 1. The van der Waals surface area contributed by atoms with Crippen LogP contribution in [0.4, 0.5) is 0 Å². The highest BCUT2D eigenvalue weighted by molar-refractivity contribution is 5.97. The highest BCUT2D eigenvalue weighted by atomic mass is 16.3. The molecule has 0 aliphatic rings. The van der Waals surface area contributed by atoms with E-state index in [9.17, 15) is 53.1 Å². The fraction of sp³-hybridized carbons (Fsp3) is 0.481. The lowest BCUT2D eigenvalue weighted by Crippen LogP contribution is -2.61. The van der Waals surface area contributed by atoms with Crippen molar-refractivity contribution in [3.63, 3.8) is 0 Å². The summed E-state index contributed by atoms with van der Waals surface area (Å²) in [6.45, 7) is 16.4. The van der Waals surface area contributed by atoms with Crippen LogP contribution in [0.25, 0.3) is 11.0 Å². The second-order valence-corrected chi connectivity index (χ2v) is 20.0. The molecule has 0 fully saturated rings. The summed E-state index contributed by atoms with van der Waals surface area (Å²) >= 11 is 0. The highest BCUT2D eigenvalue weighted by Crippen LogP contribution is 2.26. The molecule has 2 aromatic heterocycles. The summed E-state index contributed by atoms with van der Waals surface area (Å²) in [5.74, 6) is -7.32. The molecular formula is C54H78N14O11. The van der Waals surface area contributed by atoms with E-state index in [1.54, 1.807) is 83.4 Å². The van der Waals surface area contributed by atoms with Crippen molar-refractivity contribution in [2.24, 2.45) is 16.3 Å². The first kappa shape index (κ1) is 64.8. The number of aldehydes is 1. The lowest BCUT2D eigenvalue weighted by Gasteiger charge is -2.35. The van der Waals surface area contributed by atoms with Crippen LogP contribution in [0.2, 0.25) is 0 Å². The zero-order valence-electron chi connectivity index (χ0n) is 46.2. The van der Waals surface area contributed by atoms with Gasteiger partial charge in [-0.2, -0.15) is 5.10 Å². The number of amides is 9. The van der Waals surface area contributed by atoms with Crippen LogP contribution in [0.3, 0.4) is 0 Å². The molecule has 25 nitrogen and oxygen atoms in total. The predicted molar refractivity (Wildman–Crippen MR) is 296 cm³/mol. The minimum atomic E-state index is -1.48. The Morgan fingerprint density at radius 1 is 0.861 bits per heavy atom. The molecule has 3 rings (SSSR count). The number of likely N-dealkylation sites (N-methyl/N-ethyl adjacent to an activating group) is 1. The summed E-state index contributed by atoms with van der Waals surface area (Å²) in [5.41, 5.74) is 7.50. The third-order valence-corrected chi connectivity index (χ3v) is 12.7. The van der Waals surface area contributed by atoms with Gasteiger partial charge in [-0.15, -0.1) is 0 Å². The number of nitrogens with one attached hydrogen (secondary N) is 9. The summed E-state index contributed by atoms with van der Waals surface area (Å²) < 4.78 is 0. The van der Waals surface area contributed by atoms with Gasteiger partial charge in [0.15, 0.2) is 0 Å². The van der Waals surface area contributed by atoms with Gasteiger partial charge in [-0.3, -0.25) is 48.2 Å². The van der Waals surface area contributed by atoms with Crippen LogP contribution in [-0.4, -0.2) is 167 Å². The number of hydrogen-bond donors (Lipinski definition) is 11. The Hall–Kier alpha value is -8.48. The van der Waals surface area contributed by atoms with Crippen molar-refractivity contribution >= 4 is 77.2 Å². The maximum atomic E-state index is 14.9. The van der Waals surface area contributed by atoms with Crippen LogP contribution in [-0.2, 0) is 54.4 Å². The summed E-state index contributed by atoms with van der Waals surface area (Å²) in [7, 11) is 1.44. The number of pyridine rings is 1. The van der Waals surface area contributed by atoms with Gasteiger partial charge in [0.05, 0.1) is 31.7 Å². The minimum absolute atomic E-state index is 0.136. The van der Waals surface area contributed by atoms with Gasteiger partial charge in [0, 0.05) is 69.4 Å². The first-order valence-electron chi connectivity index (χ1n) is 25.8. The quantitative estimate of drug-likeness (QED) is 0.0125. The van der Waals surface area contributed by atoms with Gasteiger partial charge in [0.25, 0.3) is 0 Å². The Bertz CT molecular complexity index is 2650. The third-order valence-electron chi connectivity index (χ3n) is 12.7. The Balaban J connectivity index is 1.87. The van der Waals surface area contributed by atoms with Gasteiger partial charge in [-0.25, -0.2) is 4.98 Å². The number of carbonyl (C=O) groups is 10. The largest absolute Gasteiger partial charge is 0.401 e. The van der Waals surface area contributed by atoms with Crippen molar-refractivity contribution in [3.8, 4) is 0 Å². The number of nitrogens with two attached hydrogens (primary N) is 1. The molecular weight excluding hydrogens is 1020 g/mol. The number of aliphatic hydroxyl groups excluding tert-OH is 1. The van der Waals surface area contributed by atoms with E-state index >= 15 is 0 Å². The van der Waals surface area contributed by atoms with E-state index < -0.39 is 114 Å². The summed E-state index contributed by atoms with van der Waals surface area (Å²) in [6.07, 6.45) is 8.14. The molecule has 0 saturated carbocycles. The Labute approximate surface area is 460 Å². The molecule has 79 heavy (non-hydrogen) atoms. The topological polar surface area (TPSA) is 361 Å². The molecule has 0 spiro atoms. The van der Waals surface area contributed by atoms with Crippen molar-refractivity contribution in [1.82, 2.24) is 62.4 Å². The first-order chi connectivity index (χ1) is 37.4. The van der Waals surface area contributed by atoms with Crippen LogP contribution >= 0.6 is 0 Å². The molecule has 3 aromatic rings. The van der Waals surface area contributed by atoms with Crippen LogP contribution in [0, 0.1) is 5.41 Å². The molecule has 3 unspecified atom stereocenters. The predicted octanol–water partition coefficient (Wildman–Crippen LogP) is -0.362. The molecule has 8 atom stereocenters. The number of carbonyl (C=O) groups excluding carboxylic acids is 10. The smallest absolute Gasteiger partial charge is 0.247 e. The number of aromatic nitrogens is 2. The third kappa shape index (κ3) is 20.4. The highest BCUT2D eigenvalue weighted by Gasteiger charge is 2.38. The Morgan fingerprint density at radius 3 is 2.15 bits per heavy atom. The molecule has 9 amide bonds. The van der Waals surface area contributed by atoms with E-state index in [-0.39, 0.29) is 44.0 Å². The van der Waals surface area contributed by atoms with Crippen molar-refractivity contribution < 1.29 is 53.1 Å². The molecule has 25 heteroatoms. The number of rotatable bonds is 32. The number of H-pyrrole nitrogens is 1.